The Kier molecular flexibility index (Phi) is 6.24. The van der Waals surface area contributed by atoms with E-state index >= 15 is 0 Å². The number of nitrogens with one attached hydrogen (secondary N) is 2. The van der Waals surface area contributed by atoms with Gasteiger partial charge < -0.3 is 15.3 Å². The topological polar surface area (TPSA) is 107 Å². The number of aromatic nitrogens is 5. The van der Waals surface area contributed by atoms with Gasteiger partial charge >= 0.3 is 0 Å². The number of pyridine rings is 1. The maximum absolute atomic E-state index is 10.1. The number of aliphatic hydroxyl groups is 1. The second-order valence-electron chi connectivity index (χ2n) is 7.49. The number of H-pyrrole nitrogens is 1. The predicted octanol–water partition coefficient (Wildman–Crippen LogP) is -0.231. The van der Waals surface area contributed by atoms with Crippen molar-refractivity contribution in [2.24, 2.45) is 4.99 Å². The zero-order chi connectivity index (χ0) is 21.8. The molecule has 0 radical (unpaired) electrons. The highest BCUT2D eigenvalue weighted by molar-refractivity contribution is 6.20. The Morgan fingerprint density at radius 2 is 2.29 bits per heavy atom. The molecule has 9 nitrogen and oxygen atoms in total. The molecule has 4 heterocycles. The minimum absolute atomic E-state index is 0.430. The van der Waals surface area contributed by atoms with Crippen molar-refractivity contribution < 1.29 is 5.11 Å². The Morgan fingerprint density at radius 1 is 1.42 bits per heavy atom. The van der Waals surface area contributed by atoms with Crippen LogP contribution in [-0.4, -0.2) is 75.1 Å². The lowest BCUT2D eigenvalue weighted by atomic mass is 10.1. The summed E-state index contributed by atoms with van der Waals surface area (Å²) >= 11 is 0. The van der Waals surface area contributed by atoms with Gasteiger partial charge in [-0.25, -0.2) is 4.98 Å². The molecular weight excluding hydrogens is 392 g/mol. The van der Waals surface area contributed by atoms with Gasteiger partial charge in [0.1, 0.15) is 11.5 Å². The predicted molar refractivity (Wildman–Crippen MR) is 123 cm³/mol. The van der Waals surface area contributed by atoms with E-state index in [1.165, 1.54) is 0 Å². The first-order chi connectivity index (χ1) is 15.1. The monoisotopic (exact) mass is 420 g/mol. The van der Waals surface area contributed by atoms with Gasteiger partial charge in [0.25, 0.3) is 0 Å². The lowest BCUT2D eigenvalue weighted by molar-refractivity contribution is 0.184. The van der Waals surface area contributed by atoms with E-state index in [2.05, 4.69) is 37.1 Å². The molecular formula is C22H28N8O. The molecule has 1 atom stereocenters. The largest absolute Gasteiger partial charge is 0.390 e. The summed E-state index contributed by atoms with van der Waals surface area (Å²) in [5.41, 5.74) is 3.18. The molecule has 3 aromatic heterocycles. The lowest BCUT2D eigenvalue weighted by Crippen LogP contribution is -2.33. The summed E-state index contributed by atoms with van der Waals surface area (Å²) in [4.78, 5) is 11.4. The quantitative estimate of drug-likeness (QED) is 0.492. The smallest absolute Gasteiger partial charge is 0.129 e. The molecule has 162 valence electrons. The van der Waals surface area contributed by atoms with Gasteiger partial charge in [-0.05, 0) is 25.1 Å². The molecule has 1 aliphatic rings. The molecule has 3 aromatic rings. The van der Waals surface area contributed by atoms with E-state index in [9.17, 15) is 5.11 Å². The number of rotatable bonds is 5. The van der Waals surface area contributed by atoms with Gasteiger partial charge in [-0.1, -0.05) is 12.6 Å². The number of aliphatic hydroxyl groups excluding tert-OH is 1. The molecule has 0 amide bonds. The summed E-state index contributed by atoms with van der Waals surface area (Å²) in [6, 6.07) is 5.85. The molecule has 1 saturated heterocycles. The fourth-order valence-corrected chi connectivity index (χ4v) is 3.65. The van der Waals surface area contributed by atoms with Gasteiger partial charge in [0.15, 0.2) is 0 Å². The third-order valence-electron chi connectivity index (χ3n) is 5.33. The van der Waals surface area contributed by atoms with Crippen LogP contribution in [0, 0.1) is 0 Å². The van der Waals surface area contributed by atoms with Crippen LogP contribution >= 0.6 is 0 Å². The van der Waals surface area contributed by atoms with Gasteiger partial charge in [-0.2, -0.15) is 10.2 Å². The highest BCUT2D eigenvalue weighted by atomic mass is 16.3. The van der Waals surface area contributed by atoms with E-state index in [4.69, 9.17) is 4.98 Å². The number of aromatic amines is 1. The normalized spacial score (nSPS) is 18.4. The van der Waals surface area contributed by atoms with Crippen molar-refractivity contribution in [1.29, 1.82) is 0 Å². The fraction of sp³-hybridized carbons (Fsp3) is 0.364. The van der Waals surface area contributed by atoms with Crippen molar-refractivity contribution in [2.45, 2.75) is 19.6 Å². The van der Waals surface area contributed by atoms with E-state index < -0.39 is 6.10 Å². The molecule has 0 saturated carbocycles. The van der Waals surface area contributed by atoms with Gasteiger partial charge in [0.05, 0.1) is 29.1 Å². The highest BCUT2D eigenvalue weighted by Gasteiger charge is 2.18. The highest BCUT2D eigenvalue weighted by Crippen LogP contribution is 2.17. The third kappa shape index (κ3) is 4.57. The summed E-state index contributed by atoms with van der Waals surface area (Å²) < 4.78 is 1.87. The van der Waals surface area contributed by atoms with Crippen LogP contribution in [0.3, 0.4) is 0 Å². The first-order valence-corrected chi connectivity index (χ1v) is 10.4. The van der Waals surface area contributed by atoms with Crippen LogP contribution in [0.2, 0.25) is 0 Å². The maximum Gasteiger partial charge on any atom is 0.129 e. The van der Waals surface area contributed by atoms with Gasteiger partial charge in [0.2, 0.25) is 0 Å². The van der Waals surface area contributed by atoms with Gasteiger partial charge in [-0.3, -0.25) is 14.8 Å². The molecule has 0 spiro atoms. The first-order valence-electron chi connectivity index (χ1n) is 10.4. The van der Waals surface area contributed by atoms with Crippen LogP contribution in [0.25, 0.3) is 24.0 Å². The number of hydrogen-bond acceptors (Lipinski definition) is 7. The minimum Gasteiger partial charge on any atom is -0.390 e. The summed E-state index contributed by atoms with van der Waals surface area (Å²) in [6.07, 6.45) is 5.31. The molecule has 0 aliphatic carbocycles. The Balaban J connectivity index is 1.72. The molecule has 31 heavy (non-hydrogen) atoms. The second-order valence-corrected chi connectivity index (χ2v) is 7.49. The average Bonchev–Trinajstić information content (AvgIpc) is 3.34. The van der Waals surface area contributed by atoms with Crippen molar-refractivity contribution in [1.82, 2.24) is 30.3 Å². The molecule has 9 heteroatoms. The summed E-state index contributed by atoms with van der Waals surface area (Å²) in [5, 5.41) is 26.7. The van der Waals surface area contributed by atoms with Gasteiger partial charge in [-0.15, -0.1) is 0 Å². The van der Waals surface area contributed by atoms with Crippen LogP contribution in [0.15, 0.2) is 35.6 Å². The number of anilines is 1. The molecule has 0 aromatic carbocycles. The number of β-amino-alcohol motifs (C(OH)–C–C–N with tert-alkyl or cyclic N) is 1. The van der Waals surface area contributed by atoms with Crippen molar-refractivity contribution >= 4 is 24.2 Å². The van der Waals surface area contributed by atoms with E-state index in [0.717, 1.165) is 47.6 Å². The van der Waals surface area contributed by atoms with Crippen LogP contribution < -0.4 is 20.8 Å². The van der Waals surface area contributed by atoms with E-state index in [1.54, 1.807) is 7.05 Å². The van der Waals surface area contributed by atoms with E-state index in [1.807, 2.05) is 48.3 Å². The summed E-state index contributed by atoms with van der Waals surface area (Å²) in [7, 11) is 1.76. The number of aryl methyl sites for hydroxylation is 1. The molecule has 1 fully saturated rings. The minimum atomic E-state index is -0.430. The maximum atomic E-state index is 10.1. The van der Waals surface area contributed by atoms with Crippen molar-refractivity contribution in [3.8, 4) is 11.4 Å². The lowest BCUT2D eigenvalue weighted by Gasteiger charge is -2.23. The van der Waals surface area contributed by atoms with Crippen LogP contribution in [-0.2, 0) is 6.54 Å². The Morgan fingerprint density at radius 3 is 3.06 bits per heavy atom. The Labute approximate surface area is 180 Å². The van der Waals surface area contributed by atoms with Gasteiger partial charge in [0, 0.05) is 56.8 Å². The standard InChI is InChI=1S/C22H28N8O/c1-4-30-13-16(11-25-30)20(23-3)10-18-15(2)27-28-22(18)19-6-5-7-21(26-19)29-9-8-24-12-17(31)14-29/h5-7,10-11,13,17,24,27,31H,2,4,8-9,12,14H2,1,3H3/b18-10+,23-20?/t17-/m1/s1. The molecule has 0 unspecified atom stereocenters. The van der Waals surface area contributed by atoms with E-state index in [0.29, 0.717) is 24.1 Å². The van der Waals surface area contributed by atoms with Crippen LogP contribution in [0.4, 0.5) is 5.82 Å². The first kappa shape index (κ1) is 21.0. The zero-order valence-corrected chi connectivity index (χ0v) is 17.9. The number of nitrogens with zero attached hydrogens (tertiary/aromatic N) is 6. The van der Waals surface area contributed by atoms with Crippen molar-refractivity contribution in [3.05, 3.63) is 46.7 Å². The summed E-state index contributed by atoms with van der Waals surface area (Å²) in [5.74, 6) is 0.813. The van der Waals surface area contributed by atoms with E-state index in [-0.39, 0.29) is 0 Å². The molecule has 4 rings (SSSR count). The molecule has 3 N–H and O–H groups in total. The SMILES string of the molecule is C=c1[nH]nc(-c2cccc(N3CCNC[C@@H](O)C3)n2)/c1=C/C(=NC)c1cnn(CC)c1. The Hall–Kier alpha value is -3.30. The zero-order valence-electron chi connectivity index (χ0n) is 17.9. The molecule has 1 aliphatic heterocycles. The Bertz CT molecular complexity index is 1180. The molecule has 0 bridgehead atoms. The van der Waals surface area contributed by atoms with Crippen molar-refractivity contribution in [3.63, 3.8) is 0 Å². The summed E-state index contributed by atoms with van der Waals surface area (Å²) in [6.45, 7) is 9.65. The van der Waals surface area contributed by atoms with Crippen LogP contribution in [0.5, 0.6) is 0 Å². The fourth-order valence-electron chi connectivity index (χ4n) is 3.65. The average molecular weight is 421 g/mol. The second kappa shape index (κ2) is 9.23. The number of hydrogen-bond donors (Lipinski definition) is 3. The number of aliphatic imine (C=N–C) groups is 1. The third-order valence-corrected chi connectivity index (χ3v) is 5.33. The van der Waals surface area contributed by atoms with Crippen LogP contribution in [0.1, 0.15) is 12.5 Å². The van der Waals surface area contributed by atoms with Crippen molar-refractivity contribution in [2.75, 3.05) is 38.1 Å².